The second-order valence-corrected chi connectivity index (χ2v) is 5.33. The molecule has 14 heavy (non-hydrogen) atoms. The second-order valence-electron chi connectivity index (χ2n) is 5.33. The van der Waals surface area contributed by atoms with Crippen LogP contribution in [0.3, 0.4) is 0 Å². The predicted octanol–water partition coefficient (Wildman–Crippen LogP) is 0.584. The lowest BCUT2D eigenvalue weighted by atomic mass is 10.0. The average Bonchev–Trinajstić information content (AvgIpc) is 2.59. The van der Waals surface area contributed by atoms with E-state index in [0.717, 1.165) is 6.04 Å². The Kier molecular flexibility index (Phi) is 2.82. The fraction of sp³-hybridized carbons (Fsp3) is 1.00. The summed E-state index contributed by atoms with van der Waals surface area (Å²) in [4.78, 5) is 2.59. The zero-order valence-corrected chi connectivity index (χ0v) is 9.29. The van der Waals surface area contributed by atoms with Gasteiger partial charge in [-0.3, -0.25) is 4.90 Å². The van der Waals surface area contributed by atoms with Crippen LogP contribution in [0.1, 0.15) is 33.1 Å². The minimum atomic E-state index is -0.577. The van der Waals surface area contributed by atoms with Gasteiger partial charge in [0.15, 0.2) is 0 Å². The van der Waals surface area contributed by atoms with Crippen molar-refractivity contribution in [1.29, 1.82) is 0 Å². The monoisotopic (exact) mass is 198 g/mol. The number of nitrogens with zero attached hydrogens (tertiary/aromatic N) is 1. The Hall–Kier alpha value is -0.120. The van der Waals surface area contributed by atoms with Crippen LogP contribution in [0.4, 0.5) is 0 Å². The van der Waals surface area contributed by atoms with Gasteiger partial charge < -0.3 is 10.4 Å². The standard InChI is InChI=1S/C11H22N2O/c1-11(2,14)8-12-9-5-7-13-6-3-4-10(9)13/h9-10,12,14H,3-8H2,1-2H3. The third-order valence-corrected chi connectivity index (χ3v) is 3.40. The summed E-state index contributed by atoms with van der Waals surface area (Å²) in [5.41, 5.74) is -0.577. The minimum absolute atomic E-state index is 0.577. The third kappa shape index (κ3) is 2.27. The van der Waals surface area contributed by atoms with E-state index in [-0.39, 0.29) is 0 Å². The lowest BCUT2D eigenvalue weighted by Crippen LogP contribution is -2.45. The van der Waals surface area contributed by atoms with Gasteiger partial charge >= 0.3 is 0 Å². The van der Waals surface area contributed by atoms with Crippen molar-refractivity contribution in [1.82, 2.24) is 10.2 Å². The first-order chi connectivity index (χ1) is 6.56. The van der Waals surface area contributed by atoms with Gasteiger partial charge in [0.1, 0.15) is 0 Å². The average molecular weight is 198 g/mol. The van der Waals surface area contributed by atoms with Crippen LogP contribution in [0, 0.1) is 0 Å². The van der Waals surface area contributed by atoms with E-state index in [0.29, 0.717) is 12.6 Å². The van der Waals surface area contributed by atoms with Crippen LogP contribution >= 0.6 is 0 Å². The highest BCUT2D eigenvalue weighted by Crippen LogP contribution is 2.27. The van der Waals surface area contributed by atoms with E-state index in [2.05, 4.69) is 10.2 Å². The first-order valence-corrected chi connectivity index (χ1v) is 5.76. The number of hydrogen-bond donors (Lipinski definition) is 2. The summed E-state index contributed by atoms with van der Waals surface area (Å²) < 4.78 is 0. The van der Waals surface area contributed by atoms with E-state index >= 15 is 0 Å². The van der Waals surface area contributed by atoms with E-state index in [4.69, 9.17) is 0 Å². The van der Waals surface area contributed by atoms with Gasteiger partial charge in [-0.1, -0.05) is 0 Å². The lowest BCUT2D eigenvalue weighted by Gasteiger charge is -2.25. The Bertz CT molecular complexity index is 200. The largest absolute Gasteiger partial charge is 0.389 e. The predicted molar refractivity (Wildman–Crippen MR) is 57.3 cm³/mol. The summed E-state index contributed by atoms with van der Waals surface area (Å²) in [5, 5.41) is 13.1. The third-order valence-electron chi connectivity index (χ3n) is 3.40. The molecule has 0 bridgehead atoms. The SMILES string of the molecule is CC(C)(O)CNC1CCN2CCCC12. The minimum Gasteiger partial charge on any atom is -0.389 e. The fourth-order valence-corrected chi connectivity index (χ4v) is 2.70. The van der Waals surface area contributed by atoms with Crippen LogP contribution in [0.15, 0.2) is 0 Å². The zero-order valence-electron chi connectivity index (χ0n) is 9.29. The van der Waals surface area contributed by atoms with E-state index in [1.807, 2.05) is 13.8 Å². The molecule has 2 atom stereocenters. The van der Waals surface area contributed by atoms with Gasteiger partial charge in [0, 0.05) is 25.2 Å². The normalized spacial score (nSPS) is 33.6. The molecule has 0 amide bonds. The maximum Gasteiger partial charge on any atom is 0.0715 e. The molecule has 0 radical (unpaired) electrons. The fourth-order valence-electron chi connectivity index (χ4n) is 2.70. The molecule has 2 rings (SSSR count). The molecule has 2 aliphatic heterocycles. The quantitative estimate of drug-likeness (QED) is 0.696. The van der Waals surface area contributed by atoms with E-state index in [9.17, 15) is 5.11 Å². The molecule has 2 saturated heterocycles. The summed E-state index contributed by atoms with van der Waals surface area (Å²) >= 11 is 0. The molecule has 2 aliphatic rings. The second kappa shape index (κ2) is 3.80. The molecule has 2 N–H and O–H groups in total. The molecule has 0 aromatic carbocycles. The molecule has 0 aliphatic carbocycles. The Morgan fingerprint density at radius 3 is 2.86 bits per heavy atom. The van der Waals surface area contributed by atoms with Crippen molar-refractivity contribution in [3.05, 3.63) is 0 Å². The molecule has 0 aromatic heterocycles. The number of fused-ring (bicyclic) bond motifs is 1. The number of nitrogens with one attached hydrogen (secondary N) is 1. The van der Waals surface area contributed by atoms with Crippen molar-refractivity contribution in [2.75, 3.05) is 19.6 Å². The van der Waals surface area contributed by atoms with E-state index < -0.39 is 5.60 Å². The van der Waals surface area contributed by atoms with Gasteiger partial charge in [-0.25, -0.2) is 0 Å². The van der Waals surface area contributed by atoms with Crippen molar-refractivity contribution in [3.8, 4) is 0 Å². The maximum atomic E-state index is 9.64. The molecular weight excluding hydrogens is 176 g/mol. The van der Waals surface area contributed by atoms with Crippen LogP contribution in [-0.2, 0) is 0 Å². The molecule has 2 fully saturated rings. The molecule has 3 nitrogen and oxygen atoms in total. The van der Waals surface area contributed by atoms with Crippen molar-refractivity contribution in [3.63, 3.8) is 0 Å². The Labute approximate surface area is 86.5 Å². The highest BCUT2D eigenvalue weighted by atomic mass is 16.3. The van der Waals surface area contributed by atoms with Crippen molar-refractivity contribution in [2.45, 2.75) is 50.8 Å². The van der Waals surface area contributed by atoms with Crippen molar-refractivity contribution < 1.29 is 5.11 Å². The molecule has 2 heterocycles. The smallest absolute Gasteiger partial charge is 0.0715 e. The summed E-state index contributed by atoms with van der Waals surface area (Å²) in [6.45, 7) is 6.96. The number of hydrogen-bond acceptors (Lipinski definition) is 3. The highest BCUT2D eigenvalue weighted by Gasteiger charge is 2.37. The van der Waals surface area contributed by atoms with Gasteiger partial charge in [-0.15, -0.1) is 0 Å². The van der Waals surface area contributed by atoms with Crippen LogP contribution in [0.5, 0.6) is 0 Å². The van der Waals surface area contributed by atoms with E-state index in [1.165, 1.54) is 32.4 Å². The van der Waals surface area contributed by atoms with Gasteiger partial charge in [0.25, 0.3) is 0 Å². The molecule has 82 valence electrons. The lowest BCUT2D eigenvalue weighted by molar-refractivity contribution is 0.0750. The summed E-state index contributed by atoms with van der Waals surface area (Å²) in [7, 11) is 0. The molecule has 2 unspecified atom stereocenters. The molecule has 0 spiro atoms. The van der Waals surface area contributed by atoms with Gasteiger partial charge in [0.2, 0.25) is 0 Å². The van der Waals surface area contributed by atoms with E-state index in [1.54, 1.807) is 0 Å². The Morgan fingerprint density at radius 2 is 2.14 bits per heavy atom. The van der Waals surface area contributed by atoms with Crippen LogP contribution in [0.25, 0.3) is 0 Å². The molecule has 3 heteroatoms. The number of aliphatic hydroxyl groups is 1. The van der Waals surface area contributed by atoms with Gasteiger partial charge in [-0.2, -0.15) is 0 Å². The van der Waals surface area contributed by atoms with Gasteiger partial charge in [0.05, 0.1) is 5.60 Å². The van der Waals surface area contributed by atoms with Crippen LogP contribution < -0.4 is 5.32 Å². The van der Waals surface area contributed by atoms with Crippen molar-refractivity contribution >= 4 is 0 Å². The summed E-state index contributed by atoms with van der Waals surface area (Å²) in [5.74, 6) is 0. The Morgan fingerprint density at radius 1 is 1.36 bits per heavy atom. The van der Waals surface area contributed by atoms with Gasteiger partial charge in [-0.05, 0) is 39.7 Å². The summed E-state index contributed by atoms with van der Waals surface area (Å²) in [6.07, 6.45) is 3.94. The first-order valence-electron chi connectivity index (χ1n) is 5.76. The molecular formula is C11H22N2O. The summed E-state index contributed by atoms with van der Waals surface area (Å²) in [6, 6.07) is 1.36. The van der Waals surface area contributed by atoms with Crippen LogP contribution in [-0.4, -0.2) is 47.3 Å². The van der Waals surface area contributed by atoms with Crippen molar-refractivity contribution in [2.24, 2.45) is 0 Å². The topological polar surface area (TPSA) is 35.5 Å². The zero-order chi connectivity index (χ0) is 10.2. The molecule has 0 aromatic rings. The number of rotatable bonds is 3. The molecule has 0 saturated carbocycles. The van der Waals surface area contributed by atoms with Crippen LogP contribution in [0.2, 0.25) is 0 Å². The highest BCUT2D eigenvalue weighted by molar-refractivity contribution is 4.96. The first kappa shape index (κ1) is 10.4. The maximum absolute atomic E-state index is 9.64. The Balaban J connectivity index is 1.81.